The number of nitrogens with two attached hydrogens (primary N) is 1. The maximum atomic E-state index is 11.5. The maximum absolute atomic E-state index is 11.5. The van der Waals surface area contributed by atoms with Gasteiger partial charge in [-0.05, 0) is 25.3 Å². The molecule has 0 spiro atoms. The number of amides is 1. The van der Waals surface area contributed by atoms with E-state index in [1.54, 1.807) is 0 Å². The number of nitrogens with one attached hydrogen (secondary N) is 1. The molecule has 3 atom stereocenters. The average molecular weight is 337 g/mol. The minimum atomic E-state index is -4.35. The first-order chi connectivity index (χ1) is 9.68. The fourth-order valence-corrected chi connectivity index (χ4v) is 3.23. The van der Waals surface area contributed by atoms with Gasteiger partial charge in [0.15, 0.2) is 0 Å². The van der Waals surface area contributed by atoms with Crippen LogP contribution in [0.1, 0.15) is 40.0 Å². The van der Waals surface area contributed by atoms with E-state index in [0.29, 0.717) is 0 Å². The van der Waals surface area contributed by atoms with Crippen molar-refractivity contribution in [3.63, 3.8) is 0 Å². The van der Waals surface area contributed by atoms with Crippen LogP contribution >= 0.6 is 7.60 Å². The molecule has 0 aromatic rings. The van der Waals surface area contributed by atoms with Crippen molar-refractivity contribution in [2.24, 2.45) is 5.73 Å². The summed E-state index contributed by atoms with van der Waals surface area (Å²) in [6, 6.07) is -1.08. The first-order valence-corrected chi connectivity index (χ1v) is 8.75. The smallest absolute Gasteiger partial charge is 0.352 e. The number of ether oxygens (including phenoxy) is 1. The Hall–Kier alpha value is -0.760. The van der Waals surface area contributed by atoms with E-state index in [0.717, 1.165) is 12.8 Å². The van der Waals surface area contributed by atoms with Gasteiger partial charge in [-0.15, -0.1) is 0 Å². The third-order valence-corrected chi connectivity index (χ3v) is 4.70. The van der Waals surface area contributed by atoms with E-state index in [-0.39, 0.29) is 29.9 Å². The monoisotopic (exact) mass is 337 g/mol. The van der Waals surface area contributed by atoms with Crippen LogP contribution in [0.3, 0.4) is 0 Å². The van der Waals surface area contributed by atoms with Crippen molar-refractivity contribution >= 4 is 13.5 Å². The van der Waals surface area contributed by atoms with Crippen LogP contribution in [0.2, 0.25) is 0 Å². The summed E-state index contributed by atoms with van der Waals surface area (Å²) < 4.78 is 17.3. The van der Waals surface area contributed by atoms with Gasteiger partial charge in [0, 0.05) is 18.3 Å². The molecule has 0 aliphatic heterocycles. The van der Waals surface area contributed by atoms with E-state index in [1.807, 2.05) is 13.8 Å². The Balaban J connectivity index is 0.00000441. The molecule has 1 amide bonds. The Morgan fingerprint density at radius 2 is 2.05 bits per heavy atom. The van der Waals surface area contributed by atoms with Crippen LogP contribution in [0.15, 0.2) is 11.4 Å². The van der Waals surface area contributed by atoms with Crippen LogP contribution in [-0.4, -0.2) is 40.0 Å². The van der Waals surface area contributed by atoms with E-state index < -0.39 is 25.8 Å². The summed E-state index contributed by atoms with van der Waals surface area (Å²) in [7, 11) is -4.35. The van der Waals surface area contributed by atoms with Gasteiger partial charge >= 0.3 is 7.60 Å². The van der Waals surface area contributed by atoms with Crippen LogP contribution in [0.4, 0.5) is 0 Å². The Bertz CT molecular complexity index is 447. The van der Waals surface area contributed by atoms with Crippen molar-refractivity contribution in [2.45, 2.75) is 64.3 Å². The molecule has 0 fully saturated rings. The van der Waals surface area contributed by atoms with Crippen molar-refractivity contribution in [1.29, 1.82) is 0 Å². The lowest BCUT2D eigenvalue weighted by Crippen LogP contribution is -2.56. The molecule has 0 radical (unpaired) electrons. The molecule has 8 N–H and O–H groups in total. The summed E-state index contributed by atoms with van der Waals surface area (Å²) in [5, 5.41) is 2.70. The summed E-state index contributed by atoms with van der Waals surface area (Å²) in [6.45, 7) is 5.32. The van der Waals surface area contributed by atoms with Crippen LogP contribution in [0, 0.1) is 0 Å². The number of rotatable bonds is 6. The zero-order valence-electron chi connectivity index (χ0n) is 13.4. The van der Waals surface area contributed by atoms with E-state index in [9.17, 15) is 19.1 Å². The van der Waals surface area contributed by atoms with Gasteiger partial charge in [-0.1, -0.05) is 13.8 Å². The third kappa shape index (κ3) is 5.79. The van der Waals surface area contributed by atoms with Gasteiger partial charge in [0.05, 0.1) is 18.2 Å². The van der Waals surface area contributed by atoms with Crippen molar-refractivity contribution in [3.05, 3.63) is 11.4 Å². The molecular weight excluding hydrogens is 309 g/mol. The predicted octanol–water partition coefficient (Wildman–Crippen LogP) is 1.02. The highest BCUT2D eigenvalue weighted by Gasteiger charge is 2.38. The molecule has 0 unspecified atom stereocenters. The molecule has 0 aromatic heterocycles. The van der Waals surface area contributed by atoms with Crippen molar-refractivity contribution in [1.82, 2.24) is 11.5 Å². The molecule has 130 valence electrons. The fraction of sp³-hybridized carbons (Fsp3) is 0.769. The molecule has 0 saturated heterocycles. The first kappa shape index (κ1) is 21.2. The quantitative estimate of drug-likeness (QED) is 0.453. The molecule has 0 heterocycles. The van der Waals surface area contributed by atoms with Crippen LogP contribution < -0.4 is 17.2 Å². The Kier molecular flexibility index (Phi) is 8.46. The summed E-state index contributed by atoms with van der Waals surface area (Å²) >= 11 is 0. The molecule has 1 aliphatic carbocycles. The van der Waals surface area contributed by atoms with Gasteiger partial charge in [0.2, 0.25) is 5.91 Å². The normalized spacial score (nSPS) is 25.4. The van der Waals surface area contributed by atoms with Crippen molar-refractivity contribution in [2.75, 3.05) is 0 Å². The van der Waals surface area contributed by atoms with E-state index in [2.05, 4.69) is 5.32 Å². The summed E-state index contributed by atoms with van der Waals surface area (Å²) in [6.07, 6.45) is 2.32. The lowest BCUT2D eigenvalue weighted by atomic mass is 9.93. The van der Waals surface area contributed by atoms with E-state index in [1.165, 1.54) is 13.0 Å². The zero-order chi connectivity index (χ0) is 16.2. The second-order valence-electron chi connectivity index (χ2n) is 5.34. The van der Waals surface area contributed by atoms with Gasteiger partial charge in [0.25, 0.3) is 0 Å². The van der Waals surface area contributed by atoms with Crippen LogP contribution in [0.25, 0.3) is 0 Å². The molecular formula is C13H28N3O5P. The number of hydrogen-bond donors (Lipinski definition) is 5. The molecule has 0 bridgehead atoms. The van der Waals surface area contributed by atoms with Gasteiger partial charge in [-0.25, -0.2) is 0 Å². The molecule has 9 heteroatoms. The highest BCUT2D eigenvalue weighted by Crippen LogP contribution is 2.49. The van der Waals surface area contributed by atoms with E-state index in [4.69, 9.17) is 10.5 Å². The fourth-order valence-electron chi connectivity index (χ4n) is 2.44. The lowest BCUT2D eigenvalue weighted by Gasteiger charge is -2.37. The highest BCUT2D eigenvalue weighted by molar-refractivity contribution is 7.56. The maximum Gasteiger partial charge on any atom is 0.352 e. The molecule has 1 rings (SSSR count). The lowest BCUT2D eigenvalue weighted by molar-refractivity contribution is -0.121. The van der Waals surface area contributed by atoms with Crippen molar-refractivity contribution < 1.29 is 23.9 Å². The van der Waals surface area contributed by atoms with E-state index >= 15 is 0 Å². The van der Waals surface area contributed by atoms with Gasteiger partial charge in [-0.2, -0.15) is 0 Å². The van der Waals surface area contributed by atoms with Gasteiger partial charge in [0.1, 0.15) is 0 Å². The molecule has 22 heavy (non-hydrogen) atoms. The molecule has 1 aliphatic rings. The minimum Gasteiger partial charge on any atom is -0.369 e. The van der Waals surface area contributed by atoms with Crippen LogP contribution in [0.5, 0.6) is 0 Å². The van der Waals surface area contributed by atoms with Crippen LogP contribution in [-0.2, 0) is 14.1 Å². The Labute approximate surface area is 131 Å². The summed E-state index contributed by atoms with van der Waals surface area (Å²) in [5.74, 6) is -0.248. The topological polar surface area (TPSA) is 157 Å². The van der Waals surface area contributed by atoms with Crippen molar-refractivity contribution in [3.8, 4) is 0 Å². The molecule has 0 aromatic carbocycles. The second-order valence-corrected chi connectivity index (χ2v) is 7.00. The van der Waals surface area contributed by atoms with Gasteiger partial charge < -0.3 is 31.7 Å². The molecule has 0 saturated carbocycles. The summed E-state index contributed by atoms with van der Waals surface area (Å²) in [4.78, 5) is 30.0. The zero-order valence-corrected chi connectivity index (χ0v) is 14.3. The Morgan fingerprint density at radius 3 is 2.45 bits per heavy atom. The molecule has 8 nitrogen and oxygen atoms in total. The minimum absolute atomic E-state index is 0. The largest absolute Gasteiger partial charge is 0.369 e. The number of carbonyl (C=O) groups excluding carboxylic acids is 1. The second kappa shape index (κ2) is 8.76. The third-order valence-electron chi connectivity index (χ3n) is 3.62. The van der Waals surface area contributed by atoms with Gasteiger partial charge in [-0.3, -0.25) is 9.36 Å². The standard InChI is InChI=1S/C13H25N2O5P.H3N/c1-4-9(5-2)20-12-7-10(21(17,18)19)6-11(14)13(12)15-8(3)16;/h7,9,11-13H,4-6,14H2,1-3H3,(H,15,16)(H2,17,18,19);1H3/t11-,12+,13+;/m0./s1. The summed E-state index contributed by atoms with van der Waals surface area (Å²) in [5.41, 5.74) is 5.98. The highest BCUT2D eigenvalue weighted by atomic mass is 31.2. The Morgan fingerprint density at radius 1 is 1.50 bits per heavy atom. The average Bonchev–Trinajstić information content (AvgIpc) is 2.37. The number of carbonyl (C=O) groups is 1. The predicted molar refractivity (Wildman–Crippen MR) is 84.6 cm³/mol. The first-order valence-electron chi connectivity index (χ1n) is 7.13. The SMILES string of the molecule is CCC(CC)O[C@@H]1C=C(P(=O)(O)O)C[C@H](N)[C@H]1NC(C)=O.N. The number of hydrogen-bond acceptors (Lipinski definition) is 5.